The molecule has 0 spiro atoms. The molecule has 0 aromatic heterocycles. The Bertz CT molecular complexity index is 1540. The summed E-state index contributed by atoms with van der Waals surface area (Å²) in [7, 11) is 0.264. The number of fused-ring (bicyclic) bond motifs is 1. The number of aryl methyl sites for hydroxylation is 1. The molecule has 1 aliphatic rings. The van der Waals surface area contributed by atoms with Gasteiger partial charge < -0.3 is 15.3 Å². The number of anilines is 2. The highest BCUT2D eigenvalue weighted by atomic mass is 35.5. The average Bonchev–Trinajstić information content (AvgIpc) is 3.20. The number of hydrogen-bond donors (Lipinski definition) is 2. The summed E-state index contributed by atoms with van der Waals surface area (Å²) in [6.45, 7) is 0.856. The van der Waals surface area contributed by atoms with Gasteiger partial charge in [-0.25, -0.2) is 8.42 Å². The van der Waals surface area contributed by atoms with Crippen molar-refractivity contribution in [2.45, 2.75) is 18.8 Å². The first kappa shape index (κ1) is 29.3. The number of carboxylic acids is 1. The zero-order chi connectivity index (χ0) is 29.0. The third-order valence-electron chi connectivity index (χ3n) is 6.53. The van der Waals surface area contributed by atoms with Crippen LogP contribution < -0.4 is 9.62 Å². The molecule has 210 valence electrons. The molecule has 1 atom stereocenters. The first-order valence-corrected chi connectivity index (χ1v) is 14.9. The van der Waals surface area contributed by atoms with Crippen LogP contribution in [0.2, 0.25) is 5.02 Å². The third-order valence-corrected chi connectivity index (χ3v) is 7.96. The number of nitrogens with zero attached hydrogens (tertiary/aromatic N) is 3. The number of halogens is 1. The molecule has 0 fully saturated rings. The number of carbonyl (C=O) groups is 2. The smallest absolute Gasteiger partial charge is 0.303 e. The highest BCUT2D eigenvalue weighted by Gasteiger charge is 2.35. The standard InChI is InChI=1S/C29H31ClN4O5S/c1-33(2)16-17-34(40(3,38)39)23-12-10-22(11-13-23)31-28(20-7-4-19(5-8-20)6-15-26(35)36)27-24-14-9-21(30)18-25(24)32-29(27)37/h4-5,7-14,18,27H,6,15-17H2,1-3H3,(H,32,37)(H,35,36). The van der Waals surface area contributed by atoms with E-state index in [-0.39, 0.29) is 12.3 Å². The minimum absolute atomic E-state index is 0.0187. The molecule has 1 heterocycles. The summed E-state index contributed by atoms with van der Waals surface area (Å²) in [5.41, 5.74) is 4.49. The number of rotatable bonds is 11. The van der Waals surface area contributed by atoms with Gasteiger partial charge in [-0.15, -0.1) is 0 Å². The van der Waals surface area contributed by atoms with Gasteiger partial charge in [0.2, 0.25) is 15.9 Å². The summed E-state index contributed by atoms with van der Waals surface area (Å²) < 4.78 is 26.2. The lowest BCUT2D eigenvalue weighted by atomic mass is 9.90. The summed E-state index contributed by atoms with van der Waals surface area (Å²) in [6.07, 6.45) is 1.58. The number of likely N-dealkylation sites (N-methyl/N-ethyl adjacent to an activating group) is 1. The number of hydrogen-bond acceptors (Lipinski definition) is 6. The van der Waals surface area contributed by atoms with Gasteiger partial charge >= 0.3 is 5.97 Å². The van der Waals surface area contributed by atoms with E-state index in [1.54, 1.807) is 42.5 Å². The fourth-order valence-corrected chi connectivity index (χ4v) is 5.60. The molecular formula is C29H31ClN4O5S. The molecule has 1 amide bonds. The van der Waals surface area contributed by atoms with E-state index < -0.39 is 21.9 Å². The molecule has 2 N–H and O–H groups in total. The van der Waals surface area contributed by atoms with Crippen LogP contribution in [0.25, 0.3) is 0 Å². The highest BCUT2D eigenvalue weighted by molar-refractivity contribution is 7.92. The van der Waals surface area contributed by atoms with Gasteiger partial charge in [0, 0.05) is 30.2 Å². The molecule has 1 aliphatic heterocycles. The lowest BCUT2D eigenvalue weighted by Crippen LogP contribution is -2.35. The van der Waals surface area contributed by atoms with E-state index in [2.05, 4.69) is 5.32 Å². The van der Waals surface area contributed by atoms with E-state index in [0.717, 1.165) is 11.1 Å². The molecule has 11 heteroatoms. The van der Waals surface area contributed by atoms with Crippen molar-refractivity contribution in [3.8, 4) is 0 Å². The van der Waals surface area contributed by atoms with Crippen molar-refractivity contribution in [3.63, 3.8) is 0 Å². The number of sulfonamides is 1. The largest absolute Gasteiger partial charge is 0.481 e. The van der Waals surface area contributed by atoms with Gasteiger partial charge in [0.25, 0.3) is 0 Å². The maximum Gasteiger partial charge on any atom is 0.303 e. The maximum absolute atomic E-state index is 13.2. The predicted molar refractivity (Wildman–Crippen MR) is 159 cm³/mol. The molecule has 0 aliphatic carbocycles. The molecule has 0 saturated heterocycles. The molecule has 1 unspecified atom stereocenters. The van der Waals surface area contributed by atoms with Crippen molar-refractivity contribution >= 4 is 56.3 Å². The van der Waals surface area contributed by atoms with Crippen LogP contribution in [0.3, 0.4) is 0 Å². The zero-order valence-corrected chi connectivity index (χ0v) is 24.0. The molecular weight excluding hydrogens is 552 g/mol. The second kappa shape index (κ2) is 12.2. The molecule has 0 bridgehead atoms. The van der Waals surface area contributed by atoms with E-state index in [4.69, 9.17) is 21.7 Å². The van der Waals surface area contributed by atoms with Gasteiger partial charge in [-0.2, -0.15) is 0 Å². The Kier molecular flexibility index (Phi) is 8.92. The summed E-state index contributed by atoms with van der Waals surface area (Å²) >= 11 is 6.15. The van der Waals surface area contributed by atoms with Crippen molar-refractivity contribution in [3.05, 3.63) is 88.4 Å². The van der Waals surface area contributed by atoms with Crippen molar-refractivity contribution < 1.29 is 23.1 Å². The molecule has 0 radical (unpaired) electrons. The van der Waals surface area contributed by atoms with Crippen LogP contribution in [0.1, 0.15) is 29.0 Å². The molecule has 0 saturated carbocycles. The van der Waals surface area contributed by atoms with E-state index in [1.165, 1.54) is 10.6 Å². The average molecular weight is 583 g/mol. The maximum atomic E-state index is 13.2. The minimum atomic E-state index is -3.49. The summed E-state index contributed by atoms with van der Waals surface area (Å²) in [4.78, 5) is 31.0. The van der Waals surface area contributed by atoms with Gasteiger partial charge in [0.15, 0.2) is 0 Å². The predicted octanol–water partition coefficient (Wildman–Crippen LogP) is 4.54. The van der Waals surface area contributed by atoms with Gasteiger partial charge in [-0.1, -0.05) is 41.9 Å². The summed E-state index contributed by atoms with van der Waals surface area (Å²) in [5.74, 6) is -1.82. The van der Waals surface area contributed by atoms with Gasteiger partial charge in [0.1, 0.15) is 5.92 Å². The van der Waals surface area contributed by atoms with E-state index in [9.17, 15) is 18.0 Å². The number of aliphatic carboxylic acids is 1. The molecule has 3 aromatic rings. The Morgan fingerprint density at radius 3 is 2.30 bits per heavy atom. The van der Waals surface area contributed by atoms with E-state index >= 15 is 0 Å². The quantitative estimate of drug-likeness (QED) is 0.320. The van der Waals surface area contributed by atoms with Crippen LogP contribution in [-0.4, -0.2) is 69.5 Å². The monoisotopic (exact) mass is 582 g/mol. The van der Waals surface area contributed by atoms with Gasteiger partial charge in [0.05, 0.1) is 23.3 Å². The van der Waals surface area contributed by atoms with Crippen LogP contribution in [0, 0.1) is 0 Å². The topological polar surface area (TPSA) is 119 Å². The number of nitrogens with one attached hydrogen (secondary N) is 1. The third kappa shape index (κ3) is 7.07. The van der Waals surface area contributed by atoms with Crippen molar-refractivity contribution in [2.75, 3.05) is 43.1 Å². The Balaban J connectivity index is 1.74. The fraction of sp³-hybridized carbons (Fsp3) is 0.276. The SMILES string of the molecule is CN(C)CCN(c1ccc(N=C(c2ccc(CCC(=O)O)cc2)C2C(=O)Nc3cc(Cl)ccc32)cc1)S(C)(=O)=O. The lowest BCUT2D eigenvalue weighted by molar-refractivity contribution is -0.137. The van der Waals surface area contributed by atoms with Crippen molar-refractivity contribution in [1.29, 1.82) is 0 Å². The Morgan fingerprint density at radius 1 is 1.02 bits per heavy atom. The van der Waals surface area contributed by atoms with Crippen molar-refractivity contribution in [1.82, 2.24) is 4.90 Å². The fourth-order valence-electron chi connectivity index (χ4n) is 4.51. The number of carbonyl (C=O) groups excluding carboxylic acids is 1. The number of aliphatic imine (C=N–C) groups is 1. The molecule has 4 rings (SSSR count). The van der Waals surface area contributed by atoms with Crippen LogP contribution >= 0.6 is 11.6 Å². The lowest BCUT2D eigenvalue weighted by Gasteiger charge is -2.24. The summed E-state index contributed by atoms with van der Waals surface area (Å²) in [5, 5.41) is 12.4. The van der Waals surface area contributed by atoms with Crippen LogP contribution in [0.5, 0.6) is 0 Å². The van der Waals surface area contributed by atoms with Crippen LogP contribution in [0.4, 0.5) is 17.1 Å². The Morgan fingerprint density at radius 2 is 1.70 bits per heavy atom. The Labute approximate surface area is 239 Å². The van der Waals surface area contributed by atoms with Crippen LogP contribution in [-0.2, 0) is 26.0 Å². The highest BCUT2D eigenvalue weighted by Crippen LogP contribution is 2.38. The molecule has 3 aromatic carbocycles. The molecule has 40 heavy (non-hydrogen) atoms. The second-order valence-electron chi connectivity index (χ2n) is 9.90. The number of carboxylic acid groups (broad SMARTS) is 1. The first-order chi connectivity index (χ1) is 18.9. The summed E-state index contributed by atoms with van der Waals surface area (Å²) in [6, 6.07) is 19.4. The van der Waals surface area contributed by atoms with Gasteiger partial charge in [-0.3, -0.25) is 18.9 Å². The zero-order valence-electron chi connectivity index (χ0n) is 22.5. The minimum Gasteiger partial charge on any atom is -0.481 e. The number of benzene rings is 3. The van der Waals surface area contributed by atoms with Crippen molar-refractivity contribution in [2.24, 2.45) is 4.99 Å². The van der Waals surface area contributed by atoms with E-state index in [1.807, 2.05) is 43.3 Å². The number of amides is 1. The van der Waals surface area contributed by atoms with Gasteiger partial charge in [-0.05, 0) is 73.6 Å². The second-order valence-corrected chi connectivity index (χ2v) is 12.2. The molecule has 9 nitrogen and oxygen atoms in total. The van der Waals surface area contributed by atoms with Crippen LogP contribution in [0.15, 0.2) is 71.7 Å². The van der Waals surface area contributed by atoms with E-state index in [0.29, 0.717) is 52.9 Å². The normalized spacial score (nSPS) is 15.2. The Hall–Kier alpha value is -3.73. The first-order valence-electron chi connectivity index (χ1n) is 12.6.